The summed E-state index contributed by atoms with van der Waals surface area (Å²) >= 11 is 0. The third-order valence-electron chi connectivity index (χ3n) is 3.95. The first-order chi connectivity index (χ1) is 9.11. The first kappa shape index (κ1) is 14.0. The van der Waals surface area contributed by atoms with Gasteiger partial charge in [0.2, 0.25) is 0 Å². The fraction of sp³-hybridized carbons (Fsp3) is 0.692. The van der Waals surface area contributed by atoms with E-state index in [1.165, 1.54) is 6.20 Å². The van der Waals surface area contributed by atoms with Crippen LogP contribution in [0.25, 0.3) is 0 Å². The van der Waals surface area contributed by atoms with Crippen LogP contribution < -0.4 is 5.73 Å². The van der Waals surface area contributed by atoms with Gasteiger partial charge in [0.15, 0.2) is 0 Å². The lowest BCUT2D eigenvalue weighted by Gasteiger charge is -2.31. The Morgan fingerprint density at radius 1 is 1.53 bits per heavy atom. The highest BCUT2D eigenvalue weighted by atomic mass is 16.4. The normalized spacial score (nSPS) is 17.8. The van der Waals surface area contributed by atoms with E-state index in [-0.39, 0.29) is 0 Å². The molecule has 2 heterocycles. The summed E-state index contributed by atoms with van der Waals surface area (Å²) < 4.78 is 1.66. The molecule has 106 valence electrons. The number of nitrogens with zero attached hydrogens (tertiary/aromatic N) is 3. The van der Waals surface area contributed by atoms with Crippen molar-refractivity contribution in [2.75, 3.05) is 19.6 Å². The molecule has 0 radical (unpaired) electrons. The van der Waals surface area contributed by atoms with E-state index in [1.54, 1.807) is 11.7 Å². The minimum atomic E-state index is -0.902. The van der Waals surface area contributed by atoms with Gasteiger partial charge in [-0.15, -0.1) is 0 Å². The highest BCUT2D eigenvalue weighted by Gasteiger charge is 2.22. The molecule has 6 nitrogen and oxygen atoms in total. The van der Waals surface area contributed by atoms with Gasteiger partial charge in [-0.25, -0.2) is 4.79 Å². The minimum absolute atomic E-state index is 0.312. The molecule has 1 fully saturated rings. The van der Waals surface area contributed by atoms with Crippen LogP contribution in [0.5, 0.6) is 0 Å². The zero-order valence-corrected chi connectivity index (χ0v) is 11.4. The molecule has 0 amide bonds. The number of carbonyl (C=O) groups is 1. The van der Waals surface area contributed by atoms with Crippen molar-refractivity contribution in [2.24, 2.45) is 18.7 Å². The molecular weight excluding hydrogens is 244 g/mol. The topological polar surface area (TPSA) is 84.4 Å². The fourth-order valence-corrected chi connectivity index (χ4v) is 2.71. The van der Waals surface area contributed by atoms with E-state index in [0.29, 0.717) is 12.1 Å². The van der Waals surface area contributed by atoms with Crippen LogP contribution >= 0.6 is 0 Å². The number of hydrogen-bond donors (Lipinski definition) is 2. The Balaban J connectivity index is 1.96. The van der Waals surface area contributed by atoms with Crippen LogP contribution in [0.1, 0.15) is 35.3 Å². The molecule has 6 heteroatoms. The van der Waals surface area contributed by atoms with Gasteiger partial charge in [0, 0.05) is 13.6 Å². The van der Waals surface area contributed by atoms with Gasteiger partial charge in [-0.3, -0.25) is 9.58 Å². The number of piperidine rings is 1. The summed E-state index contributed by atoms with van der Waals surface area (Å²) in [6, 6.07) is 0. The van der Waals surface area contributed by atoms with E-state index in [0.717, 1.165) is 50.5 Å². The largest absolute Gasteiger partial charge is 0.478 e. The van der Waals surface area contributed by atoms with Crippen LogP contribution in [-0.2, 0) is 13.6 Å². The highest BCUT2D eigenvalue weighted by Crippen LogP contribution is 2.22. The Bertz CT molecular complexity index is 436. The van der Waals surface area contributed by atoms with Crippen molar-refractivity contribution in [1.29, 1.82) is 0 Å². The van der Waals surface area contributed by atoms with Gasteiger partial charge in [0.05, 0.1) is 11.9 Å². The van der Waals surface area contributed by atoms with Crippen molar-refractivity contribution in [3.05, 3.63) is 17.5 Å². The molecule has 0 unspecified atom stereocenters. The molecule has 1 aliphatic heterocycles. The average Bonchev–Trinajstić information content (AvgIpc) is 2.74. The molecule has 0 aromatic carbocycles. The molecular formula is C13H22N4O2. The lowest BCUT2D eigenvalue weighted by atomic mass is 9.93. The first-order valence-electron chi connectivity index (χ1n) is 6.78. The summed E-state index contributed by atoms with van der Waals surface area (Å²) in [6.07, 6.45) is 4.83. The number of aromatic carboxylic acids is 1. The summed E-state index contributed by atoms with van der Waals surface area (Å²) in [5, 5.41) is 13.2. The van der Waals surface area contributed by atoms with E-state index < -0.39 is 5.97 Å². The summed E-state index contributed by atoms with van der Waals surface area (Å²) in [6.45, 7) is 3.44. The van der Waals surface area contributed by atoms with Crippen LogP contribution in [-0.4, -0.2) is 45.4 Å². The predicted octanol–water partition coefficient (Wildman–Crippen LogP) is 0.679. The number of aromatic nitrogens is 2. The van der Waals surface area contributed by atoms with Gasteiger partial charge >= 0.3 is 5.97 Å². The molecule has 0 atom stereocenters. The summed E-state index contributed by atoms with van der Waals surface area (Å²) in [4.78, 5) is 13.4. The van der Waals surface area contributed by atoms with Gasteiger partial charge in [0.25, 0.3) is 0 Å². The minimum Gasteiger partial charge on any atom is -0.478 e. The van der Waals surface area contributed by atoms with Crippen molar-refractivity contribution in [3.63, 3.8) is 0 Å². The number of carboxylic acids is 1. The zero-order chi connectivity index (χ0) is 13.8. The number of rotatable bonds is 5. The van der Waals surface area contributed by atoms with Crippen molar-refractivity contribution < 1.29 is 9.90 Å². The molecule has 1 aromatic heterocycles. The molecule has 2 rings (SSSR count). The molecule has 0 aliphatic carbocycles. The monoisotopic (exact) mass is 266 g/mol. The molecule has 19 heavy (non-hydrogen) atoms. The lowest BCUT2D eigenvalue weighted by molar-refractivity contribution is 0.0693. The Hall–Kier alpha value is -1.40. The zero-order valence-electron chi connectivity index (χ0n) is 11.4. The maximum absolute atomic E-state index is 11.1. The summed E-state index contributed by atoms with van der Waals surface area (Å²) in [5.74, 6) is -0.173. The number of likely N-dealkylation sites (tertiary alicyclic amines) is 1. The van der Waals surface area contributed by atoms with Crippen LogP contribution in [0.3, 0.4) is 0 Å². The van der Waals surface area contributed by atoms with E-state index in [4.69, 9.17) is 10.8 Å². The molecule has 0 bridgehead atoms. The summed E-state index contributed by atoms with van der Waals surface area (Å²) in [7, 11) is 1.79. The standard InChI is InChI=1S/C13H22N4O2/c1-16-12(11(8-15-16)13(18)19)9-17-6-3-10(2-5-14)4-7-17/h8,10H,2-7,9,14H2,1H3,(H,18,19). The Morgan fingerprint density at radius 3 is 2.79 bits per heavy atom. The number of aryl methyl sites for hydroxylation is 1. The van der Waals surface area contributed by atoms with Crippen molar-refractivity contribution in [2.45, 2.75) is 25.8 Å². The van der Waals surface area contributed by atoms with Crippen molar-refractivity contribution in [1.82, 2.24) is 14.7 Å². The van der Waals surface area contributed by atoms with E-state index in [1.807, 2.05) is 0 Å². The molecule has 3 N–H and O–H groups in total. The second-order valence-corrected chi connectivity index (χ2v) is 5.23. The van der Waals surface area contributed by atoms with Gasteiger partial charge in [-0.2, -0.15) is 5.10 Å². The maximum Gasteiger partial charge on any atom is 0.339 e. The smallest absolute Gasteiger partial charge is 0.339 e. The molecule has 1 aromatic rings. The lowest BCUT2D eigenvalue weighted by Crippen LogP contribution is -2.34. The second kappa shape index (κ2) is 6.16. The van der Waals surface area contributed by atoms with Crippen LogP contribution in [0, 0.1) is 5.92 Å². The third-order valence-corrected chi connectivity index (χ3v) is 3.95. The van der Waals surface area contributed by atoms with E-state index in [2.05, 4.69) is 10.00 Å². The summed E-state index contributed by atoms with van der Waals surface area (Å²) in [5.41, 5.74) is 6.68. The second-order valence-electron chi connectivity index (χ2n) is 5.23. The number of carboxylic acid groups (broad SMARTS) is 1. The SMILES string of the molecule is Cn1ncc(C(=O)O)c1CN1CCC(CCN)CC1. The molecule has 1 aliphatic rings. The first-order valence-corrected chi connectivity index (χ1v) is 6.78. The number of hydrogen-bond acceptors (Lipinski definition) is 4. The highest BCUT2D eigenvalue weighted by molar-refractivity contribution is 5.88. The van der Waals surface area contributed by atoms with E-state index >= 15 is 0 Å². The quantitative estimate of drug-likeness (QED) is 0.818. The maximum atomic E-state index is 11.1. The molecule has 1 saturated heterocycles. The van der Waals surface area contributed by atoms with Gasteiger partial charge in [-0.05, 0) is 44.8 Å². The van der Waals surface area contributed by atoms with Crippen molar-refractivity contribution >= 4 is 5.97 Å². The van der Waals surface area contributed by atoms with E-state index in [9.17, 15) is 4.79 Å². The molecule has 0 saturated carbocycles. The average molecular weight is 266 g/mol. The third kappa shape index (κ3) is 3.33. The predicted molar refractivity (Wildman–Crippen MR) is 71.8 cm³/mol. The van der Waals surface area contributed by atoms with Crippen LogP contribution in [0.15, 0.2) is 6.20 Å². The molecule has 0 spiro atoms. The fourth-order valence-electron chi connectivity index (χ4n) is 2.71. The van der Waals surface area contributed by atoms with Crippen LogP contribution in [0.4, 0.5) is 0 Å². The number of nitrogens with two attached hydrogens (primary N) is 1. The Morgan fingerprint density at radius 2 is 2.21 bits per heavy atom. The Kier molecular flexibility index (Phi) is 4.55. The van der Waals surface area contributed by atoms with Gasteiger partial charge in [0.1, 0.15) is 5.56 Å². The van der Waals surface area contributed by atoms with Gasteiger partial charge < -0.3 is 10.8 Å². The van der Waals surface area contributed by atoms with Crippen molar-refractivity contribution in [3.8, 4) is 0 Å². The van der Waals surface area contributed by atoms with Crippen LogP contribution in [0.2, 0.25) is 0 Å². The Labute approximate surface area is 113 Å². The van der Waals surface area contributed by atoms with Gasteiger partial charge in [-0.1, -0.05) is 0 Å².